The van der Waals surface area contributed by atoms with Gasteiger partial charge < -0.3 is 10.1 Å². The third-order valence-electron chi connectivity index (χ3n) is 2.54. The summed E-state index contributed by atoms with van der Waals surface area (Å²) < 4.78 is 5.34. The number of rotatable bonds is 4. The van der Waals surface area contributed by atoms with Crippen LogP contribution >= 0.6 is 11.8 Å². The molecule has 3 heteroatoms. The van der Waals surface area contributed by atoms with Crippen LogP contribution in [0.25, 0.3) is 0 Å². The van der Waals surface area contributed by atoms with Gasteiger partial charge in [-0.3, -0.25) is 0 Å². The van der Waals surface area contributed by atoms with Crippen LogP contribution in [0, 0.1) is 0 Å². The fourth-order valence-corrected chi connectivity index (χ4v) is 2.31. The van der Waals surface area contributed by atoms with Gasteiger partial charge in [0.15, 0.2) is 0 Å². The lowest BCUT2D eigenvalue weighted by atomic mass is 10.2. The molecule has 0 radical (unpaired) electrons. The van der Waals surface area contributed by atoms with Crippen LogP contribution in [0.15, 0.2) is 24.3 Å². The summed E-state index contributed by atoms with van der Waals surface area (Å²) in [5.41, 5.74) is 2.60. The third kappa shape index (κ3) is 3.14. The Balaban J connectivity index is 1.97. The Morgan fingerprint density at radius 1 is 1.53 bits per heavy atom. The predicted molar refractivity (Wildman–Crippen MR) is 66.5 cm³/mol. The molecule has 2 rings (SSSR count). The van der Waals surface area contributed by atoms with Crippen molar-refractivity contribution in [2.75, 3.05) is 24.8 Å². The summed E-state index contributed by atoms with van der Waals surface area (Å²) in [6, 6.07) is 9.14. The number of nitrogens with one attached hydrogen (secondary N) is 1. The molecule has 1 heterocycles. The van der Waals surface area contributed by atoms with Gasteiger partial charge in [-0.2, -0.15) is 11.8 Å². The van der Waals surface area contributed by atoms with Crippen LogP contribution in [-0.4, -0.2) is 25.5 Å². The van der Waals surface area contributed by atoms with Crippen LogP contribution in [0.4, 0.5) is 5.69 Å². The molecule has 1 aliphatic rings. The molecule has 82 valence electrons. The second-order valence-electron chi connectivity index (χ2n) is 3.84. The van der Waals surface area contributed by atoms with Gasteiger partial charge in [0.1, 0.15) is 0 Å². The monoisotopic (exact) mass is 223 g/mol. The van der Waals surface area contributed by atoms with Crippen LogP contribution in [0.5, 0.6) is 0 Å². The number of hydrogen-bond acceptors (Lipinski definition) is 3. The van der Waals surface area contributed by atoms with E-state index < -0.39 is 0 Å². The van der Waals surface area contributed by atoms with Crippen molar-refractivity contribution in [1.82, 2.24) is 0 Å². The number of thioether (sulfide) groups is 1. The first-order valence-corrected chi connectivity index (χ1v) is 6.70. The standard InChI is InChI=1S/C12H17NOS/c1-15-9-10-3-2-4-11(7-10)13-12-5-6-14-8-12/h2-4,7,12-13H,5-6,8-9H2,1H3. The zero-order valence-electron chi connectivity index (χ0n) is 9.03. The first-order chi connectivity index (χ1) is 7.38. The van der Waals surface area contributed by atoms with E-state index in [1.165, 1.54) is 11.3 Å². The molecule has 1 aliphatic heterocycles. The summed E-state index contributed by atoms with van der Waals surface area (Å²) in [6.45, 7) is 1.73. The van der Waals surface area contributed by atoms with Gasteiger partial charge in [0.05, 0.1) is 12.6 Å². The second-order valence-corrected chi connectivity index (χ2v) is 4.70. The highest BCUT2D eigenvalue weighted by molar-refractivity contribution is 7.97. The smallest absolute Gasteiger partial charge is 0.0668 e. The molecule has 0 aliphatic carbocycles. The Hall–Kier alpha value is -0.670. The number of ether oxygens (including phenoxy) is 1. The number of hydrogen-bond donors (Lipinski definition) is 1. The zero-order chi connectivity index (χ0) is 10.5. The summed E-state index contributed by atoms with van der Waals surface area (Å²) >= 11 is 1.85. The highest BCUT2D eigenvalue weighted by Crippen LogP contribution is 2.17. The van der Waals surface area contributed by atoms with Crippen molar-refractivity contribution in [1.29, 1.82) is 0 Å². The molecule has 15 heavy (non-hydrogen) atoms. The van der Waals surface area contributed by atoms with Gasteiger partial charge >= 0.3 is 0 Å². The molecule has 1 N–H and O–H groups in total. The zero-order valence-corrected chi connectivity index (χ0v) is 9.85. The SMILES string of the molecule is CSCc1cccc(NC2CCOC2)c1. The fourth-order valence-electron chi connectivity index (χ4n) is 1.80. The van der Waals surface area contributed by atoms with Gasteiger partial charge in [-0.1, -0.05) is 12.1 Å². The molecule has 1 aromatic carbocycles. The summed E-state index contributed by atoms with van der Waals surface area (Å²) in [6.07, 6.45) is 3.25. The highest BCUT2D eigenvalue weighted by atomic mass is 32.2. The van der Waals surface area contributed by atoms with Crippen LogP contribution in [0.3, 0.4) is 0 Å². The van der Waals surface area contributed by atoms with Crippen molar-refractivity contribution >= 4 is 17.4 Å². The lowest BCUT2D eigenvalue weighted by molar-refractivity contribution is 0.195. The van der Waals surface area contributed by atoms with E-state index in [1.807, 2.05) is 11.8 Å². The maximum absolute atomic E-state index is 5.34. The molecule has 0 saturated carbocycles. The van der Waals surface area contributed by atoms with Crippen molar-refractivity contribution < 1.29 is 4.74 Å². The molecular formula is C12H17NOS. The molecule has 0 spiro atoms. The van der Waals surface area contributed by atoms with E-state index in [9.17, 15) is 0 Å². The van der Waals surface area contributed by atoms with Gasteiger partial charge in [-0.15, -0.1) is 0 Å². The van der Waals surface area contributed by atoms with E-state index in [1.54, 1.807) is 0 Å². The lowest BCUT2D eigenvalue weighted by Crippen LogP contribution is -2.18. The largest absolute Gasteiger partial charge is 0.380 e. The molecule has 0 aromatic heterocycles. The van der Waals surface area contributed by atoms with Gasteiger partial charge in [0.25, 0.3) is 0 Å². The Morgan fingerprint density at radius 3 is 3.20 bits per heavy atom. The molecule has 1 fully saturated rings. The van der Waals surface area contributed by atoms with Crippen LogP contribution < -0.4 is 5.32 Å². The fraction of sp³-hybridized carbons (Fsp3) is 0.500. The van der Waals surface area contributed by atoms with Crippen molar-refractivity contribution in [2.45, 2.75) is 18.2 Å². The Morgan fingerprint density at radius 2 is 2.47 bits per heavy atom. The van der Waals surface area contributed by atoms with E-state index in [2.05, 4.69) is 35.8 Å². The minimum atomic E-state index is 0.495. The van der Waals surface area contributed by atoms with E-state index in [4.69, 9.17) is 4.74 Å². The van der Waals surface area contributed by atoms with E-state index >= 15 is 0 Å². The van der Waals surface area contributed by atoms with E-state index in [0.29, 0.717) is 6.04 Å². The quantitative estimate of drug-likeness (QED) is 0.848. The second kappa shape index (κ2) is 5.42. The van der Waals surface area contributed by atoms with Gasteiger partial charge in [-0.25, -0.2) is 0 Å². The molecule has 1 saturated heterocycles. The molecule has 1 unspecified atom stereocenters. The first kappa shape index (κ1) is 10.8. The average Bonchev–Trinajstić information content (AvgIpc) is 2.71. The summed E-state index contributed by atoms with van der Waals surface area (Å²) in [7, 11) is 0. The lowest BCUT2D eigenvalue weighted by Gasteiger charge is -2.12. The normalized spacial score (nSPS) is 20.5. The average molecular weight is 223 g/mol. The van der Waals surface area contributed by atoms with Crippen molar-refractivity contribution in [2.24, 2.45) is 0 Å². The van der Waals surface area contributed by atoms with Crippen molar-refractivity contribution in [3.63, 3.8) is 0 Å². The Labute approximate surface area is 95.4 Å². The number of anilines is 1. The number of benzene rings is 1. The van der Waals surface area contributed by atoms with Gasteiger partial charge in [0, 0.05) is 18.0 Å². The van der Waals surface area contributed by atoms with Crippen molar-refractivity contribution in [3.8, 4) is 0 Å². The molecule has 1 aromatic rings. The van der Waals surface area contributed by atoms with Gasteiger partial charge in [0.2, 0.25) is 0 Å². The van der Waals surface area contributed by atoms with Crippen molar-refractivity contribution in [3.05, 3.63) is 29.8 Å². The van der Waals surface area contributed by atoms with Crippen LogP contribution in [0.1, 0.15) is 12.0 Å². The molecule has 2 nitrogen and oxygen atoms in total. The maximum atomic E-state index is 5.34. The predicted octanol–water partition coefficient (Wildman–Crippen LogP) is 2.75. The van der Waals surface area contributed by atoms with Crippen LogP contribution in [-0.2, 0) is 10.5 Å². The highest BCUT2D eigenvalue weighted by Gasteiger charge is 2.14. The molecular weight excluding hydrogens is 206 g/mol. The summed E-state index contributed by atoms with van der Waals surface area (Å²) in [4.78, 5) is 0. The first-order valence-electron chi connectivity index (χ1n) is 5.30. The third-order valence-corrected chi connectivity index (χ3v) is 3.16. The maximum Gasteiger partial charge on any atom is 0.0668 e. The Kier molecular flexibility index (Phi) is 3.92. The molecule has 1 atom stereocenters. The minimum absolute atomic E-state index is 0.495. The topological polar surface area (TPSA) is 21.3 Å². The molecule has 0 amide bonds. The summed E-state index contributed by atoms with van der Waals surface area (Å²) in [5, 5.41) is 3.51. The molecule has 0 bridgehead atoms. The summed E-state index contributed by atoms with van der Waals surface area (Å²) in [5.74, 6) is 1.08. The van der Waals surface area contributed by atoms with E-state index in [-0.39, 0.29) is 0 Å². The minimum Gasteiger partial charge on any atom is -0.380 e. The van der Waals surface area contributed by atoms with Gasteiger partial charge in [-0.05, 0) is 30.4 Å². The Bertz CT molecular complexity index is 310. The van der Waals surface area contributed by atoms with Crippen LogP contribution in [0.2, 0.25) is 0 Å². The van der Waals surface area contributed by atoms with E-state index in [0.717, 1.165) is 25.4 Å².